The molecule has 0 aliphatic rings. The number of pyridine rings is 1. The van der Waals surface area contributed by atoms with Crippen molar-refractivity contribution >= 4 is 33.0 Å². The molecule has 0 amide bonds. The van der Waals surface area contributed by atoms with Crippen LogP contribution in [0.5, 0.6) is 0 Å². The zero-order valence-corrected chi connectivity index (χ0v) is 36.3. The van der Waals surface area contributed by atoms with Crippen LogP contribution in [0.25, 0.3) is 72.4 Å². The Kier molecular flexibility index (Phi) is 10.5. The molecule has 5 heteroatoms. The summed E-state index contributed by atoms with van der Waals surface area (Å²) in [5.41, 5.74) is 10.8. The number of benzene rings is 6. The molecule has 0 N–H and O–H groups in total. The fourth-order valence-corrected chi connectivity index (χ4v) is 7.36. The van der Waals surface area contributed by atoms with Crippen molar-refractivity contribution in [2.45, 2.75) is 66.6 Å². The van der Waals surface area contributed by atoms with E-state index in [0.29, 0.717) is 5.56 Å². The molecule has 0 saturated heterocycles. The van der Waals surface area contributed by atoms with Gasteiger partial charge in [-0.1, -0.05) is 138 Å². The molecule has 9 aromatic rings. The van der Waals surface area contributed by atoms with Gasteiger partial charge in [-0.2, -0.15) is 0 Å². The summed E-state index contributed by atoms with van der Waals surface area (Å²) in [6.45, 7) is 13.3. The summed E-state index contributed by atoms with van der Waals surface area (Å²) in [5, 5.41) is 2.13. The Bertz CT molecular complexity index is 2980. The summed E-state index contributed by atoms with van der Waals surface area (Å²) < 4.78 is 42.9. The summed E-state index contributed by atoms with van der Waals surface area (Å²) in [5.74, 6) is -0.895. The van der Waals surface area contributed by atoms with Crippen molar-refractivity contribution in [3.05, 3.63) is 175 Å². The Hall–Kier alpha value is -5.61. The average molecular weight is 940 g/mol. The molecule has 0 bridgehead atoms. The SMILES string of the molecule is [2H]C(C)(C)c1cccc(C([2H])(C)C)c1-n1c(-c2[c-]cccc2)nc2ccccc21.[2H]C([2H])(c1ccc(-c2ccnc(-c3[c-]ccc4c3oc3ccccc34)c2)cc1)C(C)(C)C.[Ir]. The minimum absolute atomic E-state index is 0. The first kappa shape index (κ1) is 35.5. The van der Waals surface area contributed by atoms with Crippen molar-refractivity contribution in [3.63, 3.8) is 0 Å². The van der Waals surface area contributed by atoms with E-state index in [1.54, 1.807) is 6.20 Å². The molecule has 293 valence electrons. The molecule has 0 spiro atoms. The number of fused-ring (bicyclic) bond motifs is 4. The summed E-state index contributed by atoms with van der Waals surface area (Å²) >= 11 is 0. The van der Waals surface area contributed by atoms with Gasteiger partial charge in [-0.3, -0.25) is 4.98 Å². The second kappa shape index (κ2) is 17.1. The van der Waals surface area contributed by atoms with Crippen LogP contribution < -0.4 is 0 Å². The van der Waals surface area contributed by atoms with Gasteiger partial charge in [-0.05, 0) is 81.4 Å². The monoisotopic (exact) mass is 940 g/mol. The van der Waals surface area contributed by atoms with Gasteiger partial charge in [0.1, 0.15) is 5.58 Å². The number of furan rings is 1. The topological polar surface area (TPSA) is 43.9 Å². The van der Waals surface area contributed by atoms with Crippen LogP contribution in [0, 0.1) is 17.5 Å². The third-order valence-electron chi connectivity index (χ3n) is 9.94. The molecule has 3 heterocycles. The van der Waals surface area contributed by atoms with Gasteiger partial charge >= 0.3 is 0 Å². The molecule has 0 aliphatic carbocycles. The van der Waals surface area contributed by atoms with Gasteiger partial charge in [-0.15, -0.1) is 54.1 Å². The number of imidazole rings is 1. The molecule has 3 aromatic heterocycles. The molecular weight excluding hydrogens is 887 g/mol. The minimum atomic E-state index is -1.42. The van der Waals surface area contributed by atoms with Crippen molar-refractivity contribution in [2.24, 2.45) is 5.41 Å². The van der Waals surface area contributed by atoms with Crippen molar-refractivity contribution in [1.29, 1.82) is 0 Å². The third kappa shape index (κ3) is 8.34. The molecule has 9 rings (SSSR count). The standard InChI is InChI=1S/C28H24NO.C25H25N2.Ir/c1-28(2,3)18-19-11-13-20(14-12-19)21-15-16-29-25(17-21)24-9-6-8-23-22-7-4-5-10-26(22)30-27(23)24;1-17(2)20-13-10-14-21(18(3)4)24(20)27-23-16-9-8-15-22(23)26-25(27)19-11-6-5-7-12-19;/h4-8,10-17H,18H2,1-3H3;5-11,13-18H,1-4H3;/q2*-1;/i18D2;17D,18D;. The predicted octanol–water partition coefficient (Wildman–Crippen LogP) is 14.4. The van der Waals surface area contributed by atoms with E-state index >= 15 is 0 Å². The van der Waals surface area contributed by atoms with Gasteiger partial charge in [0.15, 0.2) is 0 Å². The first-order chi connectivity index (χ1) is 28.9. The normalized spacial score (nSPS) is 13.2. The maximum atomic E-state index is 8.80. The van der Waals surface area contributed by atoms with Crippen LogP contribution >= 0.6 is 0 Å². The number of hydrogen-bond acceptors (Lipinski definition) is 3. The van der Waals surface area contributed by atoms with Crippen LogP contribution in [0.1, 0.15) is 82.4 Å². The van der Waals surface area contributed by atoms with E-state index in [2.05, 4.69) is 27.8 Å². The van der Waals surface area contributed by atoms with Crippen LogP contribution in [0.2, 0.25) is 0 Å². The number of nitrogens with zero attached hydrogens (tertiary/aromatic N) is 3. The van der Waals surface area contributed by atoms with E-state index in [-0.39, 0.29) is 20.1 Å². The molecule has 0 aliphatic heterocycles. The largest absolute Gasteiger partial charge is 0.501 e. The number of para-hydroxylation sites is 4. The Morgan fingerprint density at radius 2 is 1.43 bits per heavy atom. The van der Waals surface area contributed by atoms with E-state index in [1.807, 2.05) is 182 Å². The van der Waals surface area contributed by atoms with Crippen LogP contribution in [0.4, 0.5) is 0 Å². The van der Waals surface area contributed by atoms with Crippen molar-refractivity contribution < 1.29 is 30.0 Å². The van der Waals surface area contributed by atoms with Gasteiger partial charge in [0, 0.05) is 42.9 Å². The van der Waals surface area contributed by atoms with Gasteiger partial charge < -0.3 is 14.0 Å². The second-order valence-corrected chi connectivity index (χ2v) is 15.8. The summed E-state index contributed by atoms with van der Waals surface area (Å²) in [6.07, 6.45) is 0.378. The number of aromatic nitrogens is 3. The summed E-state index contributed by atoms with van der Waals surface area (Å²) in [4.78, 5) is 9.51. The third-order valence-corrected chi connectivity index (χ3v) is 9.94. The number of hydrogen-bond donors (Lipinski definition) is 0. The van der Waals surface area contributed by atoms with Crippen LogP contribution in [0.3, 0.4) is 0 Å². The van der Waals surface area contributed by atoms with Gasteiger partial charge in [-0.25, -0.2) is 0 Å². The summed E-state index contributed by atoms with van der Waals surface area (Å²) in [6, 6.07) is 52.0. The van der Waals surface area contributed by atoms with Crippen molar-refractivity contribution in [1.82, 2.24) is 14.5 Å². The van der Waals surface area contributed by atoms with E-state index in [0.717, 1.165) is 83.6 Å². The Morgan fingerprint density at radius 3 is 2.14 bits per heavy atom. The smallest absolute Gasteiger partial charge is 0.120 e. The molecule has 0 unspecified atom stereocenters. The Morgan fingerprint density at radius 1 is 0.724 bits per heavy atom. The molecule has 6 aromatic carbocycles. The first-order valence-electron chi connectivity index (χ1n) is 21.4. The van der Waals surface area contributed by atoms with Crippen LogP contribution in [0.15, 0.2) is 150 Å². The average Bonchev–Trinajstić information content (AvgIpc) is 3.82. The molecule has 4 nitrogen and oxygen atoms in total. The van der Waals surface area contributed by atoms with Crippen LogP contribution in [-0.2, 0) is 26.5 Å². The predicted molar refractivity (Wildman–Crippen MR) is 238 cm³/mol. The first-order valence-corrected chi connectivity index (χ1v) is 19.4. The zero-order valence-electron chi connectivity index (χ0n) is 37.9. The van der Waals surface area contributed by atoms with Gasteiger partial charge in [0.25, 0.3) is 0 Å². The quantitative estimate of drug-likeness (QED) is 0.150. The molecular formula is C53H49IrN3O-2. The molecule has 1 radical (unpaired) electrons. The molecule has 0 atom stereocenters. The van der Waals surface area contributed by atoms with E-state index in [9.17, 15) is 0 Å². The summed E-state index contributed by atoms with van der Waals surface area (Å²) in [7, 11) is 0. The minimum Gasteiger partial charge on any atom is -0.501 e. The van der Waals surface area contributed by atoms with E-state index in [4.69, 9.17) is 14.9 Å². The molecule has 0 saturated carbocycles. The fourth-order valence-electron chi connectivity index (χ4n) is 7.36. The van der Waals surface area contributed by atoms with Crippen LogP contribution in [-0.4, -0.2) is 14.5 Å². The van der Waals surface area contributed by atoms with E-state index < -0.39 is 23.6 Å². The van der Waals surface area contributed by atoms with Gasteiger partial charge in [0.05, 0.1) is 22.4 Å². The van der Waals surface area contributed by atoms with E-state index in [1.165, 1.54) is 0 Å². The van der Waals surface area contributed by atoms with Crippen molar-refractivity contribution in [3.8, 4) is 39.5 Å². The maximum absolute atomic E-state index is 8.80. The molecule has 58 heavy (non-hydrogen) atoms. The fraction of sp³-hybridized carbons (Fsp3) is 0.208. The Balaban J connectivity index is 0.000000184. The molecule has 0 fully saturated rings. The number of rotatable bonds is 7. The second-order valence-electron chi connectivity index (χ2n) is 15.8. The maximum Gasteiger partial charge on any atom is 0.120 e. The zero-order chi connectivity index (χ0) is 43.3. The van der Waals surface area contributed by atoms with Gasteiger partial charge in [0.2, 0.25) is 0 Å². The van der Waals surface area contributed by atoms with Crippen molar-refractivity contribution in [2.75, 3.05) is 0 Å². The Labute approximate surface area is 362 Å².